The molecule has 11 heavy (non-hydrogen) atoms. The Balaban J connectivity index is 1.84. The minimum absolute atomic E-state index is 0.0706. The highest BCUT2D eigenvalue weighted by Crippen LogP contribution is 2.17. The van der Waals surface area contributed by atoms with Crippen molar-refractivity contribution in [3.05, 3.63) is 0 Å². The lowest BCUT2D eigenvalue weighted by molar-refractivity contribution is 0.149. The van der Waals surface area contributed by atoms with E-state index in [9.17, 15) is 5.11 Å². The number of aliphatic hydroxyl groups is 1. The van der Waals surface area contributed by atoms with Crippen LogP contribution >= 0.6 is 0 Å². The zero-order valence-electron chi connectivity index (χ0n) is 7.25. The van der Waals surface area contributed by atoms with Gasteiger partial charge in [0.2, 0.25) is 0 Å². The standard InChI is InChI=1S/C9H18O2/c1-2-4-8(10)5-3-6-9-7-11-9/h8-10H,2-7H2,1H3. The molecule has 0 spiro atoms. The quantitative estimate of drug-likeness (QED) is 0.597. The summed E-state index contributed by atoms with van der Waals surface area (Å²) >= 11 is 0. The zero-order valence-corrected chi connectivity index (χ0v) is 7.25. The van der Waals surface area contributed by atoms with Crippen molar-refractivity contribution in [2.24, 2.45) is 0 Å². The third-order valence-electron chi connectivity index (χ3n) is 2.09. The lowest BCUT2D eigenvalue weighted by Gasteiger charge is -2.06. The third kappa shape index (κ3) is 4.38. The Morgan fingerprint density at radius 3 is 2.82 bits per heavy atom. The molecule has 0 radical (unpaired) electrons. The van der Waals surface area contributed by atoms with E-state index >= 15 is 0 Å². The van der Waals surface area contributed by atoms with Crippen molar-refractivity contribution in [3.8, 4) is 0 Å². The van der Waals surface area contributed by atoms with E-state index < -0.39 is 0 Å². The van der Waals surface area contributed by atoms with Crippen molar-refractivity contribution >= 4 is 0 Å². The molecule has 0 saturated carbocycles. The molecule has 1 fully saturated rings. The molecule has 2 atom stereocenters. The maximum atomic E-state index is 9.34. The molecule has 1 aliphatic rings. The van der Waals surface area contributed by atoms with E-state index in [4.69, 9.17) is 4.74 Å². The van der Waals surface area contributed by atoms with Crippen LogP contribution in [0.1, 0.15) is 39.0 Å². The summed E-state index contributed by atoms with van der Waals surface area (Å²) in [6.45, 7) is 3.05. The first-order valence-corrected chi connectivity index (χ1v) is 4.62. The Morgan fingerprint density at radius 1 is 1.55 bits per heavy atom. The van der Waals surface area contributed by atoms with E-state index in [1.807, 2.05) is 0 Å². The minimum atomic E-state index is -0.0706. The molecule has 2 unspecified atom stereocenters. The Morgan fingerprint density at radius 2 is 2.27 bits per heavy atom. The van der Waals surface area contributed by atoms with Gasteiger partial charge in [-0.25, -0.2) is 0 Å². The van der Waals surface area contributed by atoms with Crippen molar-refractivity contribution in [1.82, 2.24) is 0 Å². The highest BCUT2D eigenvalue weighted by atomic mass is 16.6. The number of aliphatic hydroxyl groups excluding tert-OH is 1. The summed E-state index contributed by atoms with van der Waals surface area (Å²) in [4.78, 5) is 0. The number of epoxide rings is 1. The van der Waals surface area contributed by atoms with Gasteiger partial charge < -0.3 is 9.84 Å². The summed E-state index contributed by atoms with van der Waals surface area (Å²) in [6, 6.07) is 0. The molecule has 2 heteroatoms. The fraction of sp³-hybridized carbons (Fsp3) is 1.00. The van der Waals surface area contributed by atoms with Gasteiger partial charge in [0.1, 0.15) is 0 Å². The van der Waals surface area contributed by atoms with Crippen molar-refractivity contribution in [3.63, 3.8) is 0 Å². The Bertz CT molecular complexity index is 99.7. The van der Waals surface area contributed by atoms with Gasteiger partial charge in [0.15, 0.2) is 0 Å². The maximum Gasteiger partial charge on any atom is 0.0810 e. The molecule has 0 aromatic heterocycles. The molecule has 0 amide bonds. The molecule has 1 heterocycles. The average molecular weight is 158 g/mol. The maximum absolute atomic E-state index is 9.34. The van der Waals surface area contributed by atoms with Crippen molar-refractivity contribution in [1.29, 1.82) is 0 Å². The molecule has 0 aromatic rings. The number of hydrogen-bond acceptors (Lipinski definition) is 2. The van der Waals surface area contributed by atoms with E-state index in [2.05, 4.69) is 6.92 Å². The van der Waals surface area contributed by atoms with Gasteiger partial charge in [-0.1, -0.05) is 13.3 Å². The topological polar surface area (TPSA) is 32.8 Å². The SMILES string of the molecule is CCCC(O)CCCC1CO1. The zero-order chi connectivity index (χ0) is 8.10. The van der Waals surface area contributed by atoms with Crippen LogP contribution < -0.4 is 0 Å². The largest absolute Gasteiger partial charge is 0.393 e. The van der Waals surface area contributed by atoms with Crippen molar-refractivity contribution in [2.75, 3.05) is 6.61 Å². The molecule has 1 N–H and O–H groups in total. The minimum Gasteiger partial charge on any atom is -0.393 e. The van der Waals surface area contributed by atoms with Crippen LogP contribution in [0.4, 0.5) is 0 Å². The van der Waals surface area contributed by atoms with E-state index in [1.54, 1.807) is 0 Å². The monoisotopic (exact) mass is 158 g/mol. The number of rotatable bonds is 6. The Hall–Kier alpha value is -0.0800. The molecular formula is C9H18O2. The summed E-state index contributed by atoms with van der Waals surface area (Å²) < 4.78 is 5.07. The van der Waals surface area contributed by atoms with Gasteiger partial charge >= 0.3 is 0 Å². The number of hydrogen-bond donors (Lipinski definition) is 1. The third-order valence-corrected chi connectivity index (χ3v) is 2.09. The Labute approximate surface area is 68.6 Å². The molecular weight excluding hydrogens is 140 g/mol. The highest BCUT2D eigenvalue weighted by molar-refractivity contribution is 4.69. The van der Waals surface area contributed by atoms with Crippen LogP contribution in [0.15, 0.2) is 0 Å². The fourth-order valence-electron chi connectivity index (χ4n) is 1.29. The summed E-state index contributed by atoms with van der Waals surface area (Å²) in [6.07, 6.45) is 5.70. The number of ether oxygens (including phenoxy) is 1. The molecule has 1 rings (SSSR count). The van der Waals surface area contributed by atoms with Gasteiger partial charge in [-0.3, -0.25) is 0 Å². The van der Waals surface area contributed by atoms with Crippen LogP contribution in [-0.4, -0.2) is 23.9 Å². The fourth-order valence-corrected chi connectivity index (χ4v) is 1.29. The van der Waals surface area contributed by atoms with Crippen LogP contribution in [0, 0.1) is 0 Å². The van der Waals surface area contributed by atoms with Crippen LogP contribution in [0.25, 0.3) is 0 Å². The van der Waals surface area contributed by atoms with Gasteiger partial charge in [-0.15, -0.1) is 0 Å². The predicted octanol–water partition coefficient (Wildman–Crippen LogP) is 1.72. The molecule has 0 bridgehead atoms. The molecule has 0 aliphatic carbocycles. The van der Waals surface area contributed by atoms with Gasteiger partial charge in [0, 0.05) is 0 Å². The second-order valence-electron chi connectivity index (χ2n) is 3.33. The summed E-state index contributed by atoms with van der Waals surface area (Å²) in [5.41, 5.74) is 0. The lowest BCUT2D eigenvalue weighted by Crippen LogP contribution is -2.05. The molecule has 66 valence electrons. The van der Waals surface area contributed by atoms with Crippen LogP contribution in [0.5, 0.6) is 0 Å². The van der Waals surface area contributed by atoms with Gasteiger partial charge in [0.05, 0.1) is 18.8 Å². The normalized spacial score (nSPS) is 25.1. The molecule has 0 aromatic carbocycles. The van der Waals surface area contributed by atoms with Crippen LogP contribution in [0.2, 0.25) is 0 Å². The second-order valence-corrected chi connectivity index (χ2v) is 3.33. The summed E-state index contributed by atoms with van der Waals surface area (Å²) in [7, 11) is 0. The average Bonchev–Trinajstić information content (AvgIpc) is 2.72. The molecule has 2 nitrogen and oxygen atoms in total. The summed E-state index contributed by atoms with van der Waals surface area (Å²) in [5, 5.41) is 9.34. The summed E-state index contributed by atoms with van der Waals surface area (Å²) in [5.74, 6) is 0. The van der Waals surface area contributed by atoms with Gasteiger partial charge in [0.25, 0.3) is 0 Å². The Kier molecular flexibility index (Phi) is 3.87. The van der Waals surface area contributed by atoms with E-state index in [0.717, 1.165) is 38.7 Å². The van der Waals surface area contributed by atoms with Gasteiger partial charge in [-0.05, 0) is 25.7 Å². The van der Waals surface area contributed by atoms with Crippen molar-refractivity contribution in [2.45, 2.75) is 51.2 Å². The molecule has 1 saturated heterocycles. The van der Waals surface area contributed by atoms with E-state index in [0.29, 0.717) is 6.10 Å². The first kappa shape index (κ1) is 9.01. The van der Waals surface area contributed by atoms with E-state index in [1.165, 1.54) is 0 Å². The smallest absolute Gasteiger partial charge is 0.0810 e. The van der Waals surface area contributed by atoms with Gasteiger partial charge in [-0.2, -0.15) is 0 Å². The first-order chi connectivity index (χ1) is 5.33. The van der Waals surface area contributed by atoms with Crippen molar-refractivity contribution < 1.29 is 9.84 Å². The highest BCUT2D eigenvalue weighted by Gasteiger charge is 2.21. The van der Waals surface area contributed by atoms with Crippen LogP contribution in [0.3, 0.4) is 0 Å². The van der Waals surface area contributed by atoms with E-state index in [-0.39, 0.29) is 6.10 Å². The molecule has 1 aliphatic heterocycles. The first-order valence-electron chi connectivity index (χ1n) is 4.62. The predicted molar refractivity (Wildman–Crippen MR) is 44.5 cm³/mol. The lowest BCUT2D eigenvalue weighted by atomic mass is 10.1. The second kappa shape index (κ2) is 4.73. The van der Waals surface area contributed by atoms with Crippen LogP contribution in [-0.2, 0) is 4.74 Å².